The van der Waals surface area contributed by atoms with E-state index >= 15 is 0 Å². The highest BCUT2D eigenvalue weighted by Crippen LogP contribution is 2.08. The summed E-state index contributed by atoms with van der Waals surface area (Å²) in [5.41, 5.74) is 1.03. The van der Waals surface area contributed by atoms with E-state index in [1.807, 2.05) is 6.07 Å². The van der Waals surface area contributed by atoms with Crippen molar-refractivity contribution in [3.63, 3.8) is 0 Å². The number of aliphatic hydroxyl groups excluding tert-OH is 1. The molecule has 0 aliphatic heterocycles. The minimum Gasteiger partial charge on any atom is -0.395 e. The average molecular weight is 205 g/mol. The smallest absolute Gasteiger partial charge is 0.319 e. The van der Waals surface area contributed by atoms with Crippen LogP contribution in [0, 0.1) is 11.3 Å². The van der Waals surface area contributed by atoms with Crippen LogP contribution in [0.25, 0.3) is 0 Å². The van der Waals surface area contributed by atoms with Crippen LogP contribution in [0.5, 0.6) is 0 Å². The van der Waals surface area contributed by atoms with Gasteiger partial charge >= 0.3 is 6.03 Å². The normalized spacial score (nSPS) is 9.07. The number of nitrogens with one attached hydrogen (secondary N) is 2. The number of benzene rings is 1. The number of nitriles is 1. The maximum atomic E-state index is 11.2. The van der Waals surface area contributed by atoms with Crippen molar-refractivity contribution in [3.05, 3.63) is 29.8 Å². The van der Waals surface area contributed by atoms with E-state index in [1.54, 1.807) is 24.3 Å². The van der Waals surface area contributed by atoms with E-state index in [9.17, 15) is 4.79 Å². The van der Waals surface area contributed by atoms with Crippen molar-refractivity contribution in [2.45, 2.75) is 0 Å². The monoisotopic (exact) mass is 205 g/mol. The Morgan fingerprint density at radius 1 is 1.53 bits per heavy atom. The largest absolute Gasteiger partial charge is 0.395 e. The lowest BCUT2D eigenvalue weighted by Crippen LogP contribution is -2.30. The number of carbonyl (C=O) groups excluding carboxylic acids is 1. The number of hydrogen-bond donors (Lipinski definition) is 3. The van der Waals surface area contributed by atoms with Crippen LogP contribution in [0.3, 0.4) is 0 Å². The third kappa shape index (κ3) is 3.67. The molecular formula is C10H11N3O2. The van der Waals surface area contributed by atoms with Crippen LogP contribution in [0.15, 0.2) is 24.3 Å². The van der Waals surface area contributed by atoms with Crippen LogP contribution in [0.4, 0.5) is 10.5 Å². The van der Waals surface area contributed by atoms with E-state index in [1.165, 1.54) is 0 Å². The number of anilines is 1. The topological polar surface area (TPSA) is 85.2 Å². The van der Waals surface area contributed by atoms with Crippen molar-refractivity contribution in [3.8, 4) is 6.07 Å². The molecule has 5 nitrogen and oxygen atoms in total. The summed E-state index contributed by atoms with van der Waals surface area (Å²) in [4.78, 5) is 11.2. The highest BCUT2D eigenvalue weighted by Gasteiger charge is 2.00. The lowest BCUT2D eigenvalue weighted by atomic mass is 10.2. The van der Waals surface area contributed by atoms with Gasteiger partial charge in [-0.1, -0.05) is 6.07 Å². The zero-order chi connectivity index (χ0) is 11.1. The molecule has 0 saturated heterocycles. The van der Waals surface area contributed by atoms with Crippen LogP contribution < -0.4 is 10.6 Å². The van der Waals surface area contributed by atoms with Crippen LogP contribution in [-0.4, -0.2) is 24.3 Å². The Balaban J connectivity index is 2.57. The number of amides is 2. The Kier molecular flexibility index (Phi) is 4.13. The summed E-state index contributed by atoms with van der Waals surface area (Å²) in [6, 6.07) is 8.15. The molecule has 1 aromatic rings. The lowest BCUT2D eigenvalue weighted by molar-refractivity contribution is 0.245. The van der Waals surface area contributed by atoms with Crippen molar-refractivity contribution >= 4 is 11.7 Å². The minimum absolute atomic E-state index is 0.106. The fourth-order valence-electron chi connectivity index (χ4n) is 1.01. The van der Waals surface area contributed by atoms with E-state index in [0.29, 0.717) is 11.3 Å². The Labute approximate surface area is 87.3 Å². The van der Waals surface area contributed by atoms with Gasteiger partial charge in [-0.2, -0.15) is 5.26 Å². The van der Waals surface area contributed by atoms with Crippen molar-refractivity contribution in [2.75, 3.05) is 18.5 Å². The molecule has 0 aliphatic carbocycles. The molecule has 0 fully saturated rings. The standard InChI is InChI=1S/C10H11N3O2/c11-7-8-2-1-3-9(6-8)13-10(15)12-4-5-14/h1-3,6,14H,4-5H2,(H2,12,13,15). The van der Waals surface area contributed by atoms with Crippen molar-refractivity contribution in [1.82, 2.24) is 5.32 Å². The average Bonchev–Trinajstić information content (AvgIpc) is 2.26. The predicted octanol–water partition coefficient (Wildman–Crippen LogP) is 0.672. The van der Waals surface area contributed by atoms with Crippen molar-refractivity contribution in [2.24, 2.45) is 0 Å². The molecule has 0 radical (unpaired) electrons. The molecule has 0 aliphatic rings. The van der Waals surface area contributed by atoms with Gasteiger partial charge in [0.15, 0.2) is 0 Å². The first-order chi connectivity index (χ1) is 7.26. The SMILES string of the molecule is N#Cc1cccc(NC(=O)NCCO)c1. The highest BCUT2D eigenvalue weighted by molar-refractivity contribution is 5.89. The molecule has 5 heteroatoms. The molecule has 1 aromatic carbocycles. The number of carbonyl (C=O) groups is 1. The van der Waals surface area contributed by atoms with Gasteiger partial charge in [0.25, 0.3) is 0 Å². The van der Waals surface area contributed by atoms with Gasteiger partial charge in [0.1, 0.15) is 0 Å². The maximum Gasteiger partial charge on any atom is 0.319 e. The quantitative estimate of drug-likeness (QED) is 0.678. The number of nitrogens with zero attached hydrogens (tertiary/aromatic N) is 1. The lowest BCUT2D eigenvalue weighted by Gasteiger charge is -2.05. The van der Waals surface area contributed by atoms with Gasteiger partial charge in [-0.3, -0.25) is 0 Å². The molecule has 15 heavy (non-hydrogen) atoms. The summed E-state index contributed by atoms with van der Waals surface area (Å²) in [5.74, 6) is 0. The molecule has 3 N–H and O–H groups in total. The number of hydrogen-bond acceptors (Lipinski definition) is 3. The van der Waals surface area contributed by atoms with Gasteiger partial charge in [0.05, 0.1) is 18.2 Å². The fraction of sp³-hybridized carbons (Fsp3) is 0.200. The molecule has 0 heterocycles. The van der Waals surface area contributed by atoms with Crippen LogP contribution >= 0.6 is 0 Å². The molecule has 0 spiro atoms. The van der Waals surface area contributed by atoms with Gasteiger partial charge in [0.2, 0.25) is 0 Å². The van der Waals surface area contributed by atoms with Crippen molar-refractivity contribution in [1.29, 1.82) is 5.26 Å². The second-order valence-corrected chi connectivity index (χ2v) is 2.80. The Bertz CT molecular complexity index is 384. The van der Waals surface area contributed by atoms with Gasteiger partial charge < -0.3 is 15.7 Å². The van der Waals surface area contributed by atoms with E-state index < -0.39 is 6.03 Å². The first kappa shape index (κ1) is 11.0. The highest BCUT2D eigenvalue weighted by atomic mass is 16.3. The first-order valence-corrected chi connectivity index (χ1v) is 4.42. The zero-order valence-electron chi connectivity index (χ0n) is 8.03. The summed E-state index contributed by atoms with van der Waals surface area (Å²) in [6.45, 7) is 0.0927. The molecule has 2 amide bonds. The third-order valence-corrected chi connectivity index (χ3v) is 1.65. The summed E-state index contributed by atoms with van der Waals surface area (Å²) in [6.07, 6.45) is 0. The summed E-state index contributed by atoms with van der Waals surface area (Å²) in [5, 5.41) is 22.1. The fourth-order valence-corrected chi connectivity index (χ4v) is 1.01. The van der Waals surface area contributed by atoms with Crippen molar-refractivity contribution < 1.29 is 9.90 Å². The molecule has 0 unspecified atom stereocenters. The number of urea groups is 1. The second-order valence-electron chi connectivity index (χ2n) is 2.80. The van der Waals surface area contributed by atoms with E-state index in [4.69, 9.17) is 10.4 Å². The zero-order valence-corrected chi connectivity index (χ0v) is 8.03. The molecule has 0 saturated carbocycles. The molecule has 0 atom stereocenters. The summed E-state index contributed by atoms with van der Waals surface area (Å²) in [7, 11) is 0. The van der Waals surface area contributed by atoms with Crippen LogP contribution in [0.1, 0.15) is 5.56 Å². The van der Waals surface area contributed by atoms with Gasteiger partial charge in [-0.25, -0.2) is 4.79 Å². The van der Waals surface area contributed by atoms with Crippen LogP contribution in [0.2, 0.25) is 0 Å². The van der Waals surface area contributed by atoms with E-state index in [0.717, 1.165) is 0 Å². The Morgan fingerprint density at radius 2 is 2.33 bits per heavy atom. The summed E-state index contributed by atoms with van der Waals surface area (Å²) < 4.78 is 0. The number of rotatable bonds is 3. The number of aliphatic hydroxyl groups is 1. The van der Waals surface area contributed by atoms with E-state index in [2.05, 4.69) is 10.6 Å². The van der Waals surface area contributed by atoms with Gasteiger partial charge in [-0.05, 0) is 18.2 Å². The molecular weight excluding hydrogens is 194 g/mol. The van der Waals surface area contributed by atoms with Gasteiger partial charge in [-0.15, -0.1) is 0 Å². The molecule has 78 valence electrons. The van der Waals surface area contributed by atoms with Gasteiger partial charge in [0, 0.05) is 12.2 Å². The molecule has 0 bridgehead atoms. The first-order valence-electron chi connectivity index (χ1n) is 4.42. The van der Waals surface area contributed by atoms with Crippen LogP contribution in [-0.2, 0) is 0 Å². The second kappa shape index (κ2) is 5.62. The van der Waals surface area contributed by atoms with E-state index in [-0.39, 0.29) is 13.2 Å². The minimum atomic E-state index is -0.404. The predicted molar refractivity (Wildman–Crippen MR) is 55.3 cm³/mol. The maximum absolute atomic E-state index is 11.2. The molecule has 1 rings (SSSR count). The Morgan fingerprint density at radius 3 is 3.00 bits per heavy atom. The molecule has 0 aromatic heterocycles. The summed E-state index contributed by atoms with van der Waals surface area (Å²) >= 11 is 0. The third-order valence-electron chi connectivity index (χ3n) is 1.65. The Hall–Kier alpha value is -2.06.